The van der Waals surface area contributed by atoms with Crippen LogP contribution in [0.5, 0.6) is 0 Å². The third-order valence-electron chi connectivity index (χ3n) is 4.08. The van der Waals surface area contributed by atoms with Gasteiger partial charge in [0, 0.05) is 16.1 Å². The summed E-state index contributed by atoms with van der Waals surface area (Å²) in [5.74, 6) is -0.0589. The van der Waals surface area contributed by atoms with Crippen LogP contribution < -0.4 is 17.7 Å². The van der Waals surface area contributed by atoms with Crippen molar-refractivity contribution in [1.29, 1.82) is 0 Å². The standard InChI is InChI=1S/C21H26N2O2S.ClH/c1-4-5-14-23(2,3)16-21(25)22-18-10-8-17(9-11-18)20(24)13-12-19-7-6-15-26-19;/h6-13,15H,4-5,14,16H2,1-3H3;1H/b13-12+;. The van der Waals surface area contributed by atoms with Crippen LogP contribution in [-0.2, 0) is 4.79 Å². The first-order chi connectivity index (χ1) is 12.4. The lowest BCUT2D eigenvalue weighted by molar-refractivity contribution is -0.882. The average molecular weight is 407 g/mol. The molecule has 0 saturated carbocycles. The Morgan fingerprint density at radius 2 is 1.85 bits per heavy atom. The van der Waals surface area contributed by atoms with Crippen molar-refractivity contribution in [3.8, 4) is 0 Å². The fourth-order valence-electron chi connectivity index (χ4n) is 2.61. The molecule has 0 radical (unpaired) electrons. The molecule has 0 fully saturated rings. The minimum Gasteiger partial charge on any atom is -1.00 e. The lowest BCUT2D eigenvalue weighted by Gasteiger charge is -2.28. The Kier molecular flexibility index (Phi) is 9.43. The van der Waals surface area contributed by atoms with Crippen molar-refractivity contribution in [3.63, 3.8) is 0 Å². The molecule has 146 valence electrons. The van der Waals surface area contributed by atoms with Crippen molar-refractivity contribution in [2.45, 2.75) is 19.8 Å². The Morgan fingerprint density at radius 3 is 2.44 bits per heavy atom. The third kappa shape index (κ3) is 8.08. The number of amides is 1. The monoisotopic (exact) mass is 406 g/mol. The van der Waals surface area contributed by atoms with Gasteiger partial charge in [-0.2, -0.15) is 0 Å². The SMILES string of the molecule is CCCC[N+](C)(C)CC(=O)Nc1ccc(C(=O)/C=C/c2cccs2)cc1.[Cl-]. The summed E-state index contributed by atoms with van der Waals surface area (Å²) in [5, 5.41) is 4.89. The summed E-state index contributed by atoms with van der Waals surface area (Å²) >= 11 is 1.59. The van der Waals surface area contributed by atoms with E-state index in [1.807, 2.05) is 23.6 Å². The van der Waals surface area contributed by atoms with Gasteiger partial charge >= 0.3 is 0 Å². The average Bonchev–Trinajstić information content (AvgIpc) is 3.11. The van der Waals surface area contributed by atoms with E-state index in [0.29, 0.717) is 22.3 Å². The van der Waals surface area contributed by atoms with Crippen LogP contribution in [0.25, 0.3) is 6.08 Å². The highest BCUT2D eigenvalue weighted by atomic mass is 35.5. The van der Waals surface area contributed by atoms with E-state index in [-0.39, 0.29) is 24.1 Å². The van der Waals surface area contributed by atoms with Crippen LogP contribution in [0, 0.1) is 0 Å². The van der Waals surface area contributed by atoms with E-state index >= 15 is 0 Å². The van der Waals surface area contributed by atoms with Gasteiger partial charge in [-0.1, -0.05) is 19.4 Å². The number of unbranched alkanes of at least 4 members (excludes halogenated alkanes) is 1. The van der Waals surface area contributed by atoms with Crippen LogP contribution >= 0.6 is 11.3 Å². The Bertz CT molecular complexity index is 753. The molecular weight excluding hydrogens is 380 g/mol. The molecule has 1 aromatic carbocycles. The maximum Gasteiger partial charge on any atom is 0.279 e. The van der Waals surface area contributed by atoms with Gasteiger partial charge in [0.2, 0.25) is 0 Å². The zero-order valence-electron chi connectivity index (χ0n) is 16.1. The first-order valence-corrected chi connectivity index (χ1v) is 9.75. The Balaban J connectivity index is 0.00000364. The van der Waals surface area contributed by atoms with Crippen molar-refractivity contribution < 1.29 is 26.5 Å². The molecule has 0 aliphatic heterocycles. The number of allylic oxidation sites excluding steroid dienone is 1. The van der Waals surface area contributed by atoms with E-state index in [2.05, 4.69) is 26.3 Å². The van der Waals surface area contributed by atoms with Gasteiger partial charge in [-0.15, -0.1) is 11.3 Å². The molecule has 2 rings (SSSR count). The summed E-state index contributed by atoms with van der Waals surface area (Å²) in [6.07, 6.45) is 5.63. The molecule has 0 saturated heterocycles. The molecule has 0 bridgehead atoms. The van der Waals surface area contributed by atoms with E-state index in [4.69, 9.17) is 0 Å². The van der Waals surface area contributed by atoms with Crippen molar-refractivity contribution in [3.05, 3.63) is 58.3 Å². The first-order valence-electron chi connectivity index (χ1n) is 8.87. The number of carbonyl (C=O) groups excluding carboxylic acids is 2. The Labute approximate surface area is 171 Å². The maximum atomic E-state index is 12.2. The predicted molar refractivity (Wildman–Crippen MR) is 110 cm³/mol. The number of halogens is 1. The molecule has 0 aliphatic rings. The van der Waals surface area contributed by atoms with E-state index in [0.717, 1.165) is 24.3 Å². The van der Waals surface area contributed by atoms with E-state index in [1.165, 1.54) is 0 Å². The number of nitrogens with zero attached hydrogens (tertiary/aromatic N) is 1. The molecule has 2 aromatic rings. The molecule has 0 spiro atoms. The van der Waals surface area contributed by atoms with Crippen molar-refractivity contribution >= 4 is 34.8 Å². The highest BCUT2D eigenvalue weighted by Gasteiger charge is 2.19. The first kappa shape index (κ1) is 23.1. The number of anilines is 1. The van der Waals surface area contributed by atoms with Gasteiger partial charge in [0.25, 0.3) is 5.91 Å². The second-order valence-electron chi connectivity index (χ2n) is 7.01. The highest BCUT2D eigenvalue weighted by Crippen LogP contribution is 2.14. The maximum absolute atomic E-state index is 12.2. The van der Waals surface area contributed by atoms with Crippen LogP contribution in [0.3, 0.4) is 0 Å². The molecule has 1 N–H and O–H groups in total. The number of thiophene rings is 1. The molecule has 1 aromatic heterocycles. The normalized spacial score (nSPS) is 11.2. The molecular formula is C21H27ClN2O2S. The number of carbonyl (C=O) groups is 2. The lowest BCUT2D eigenvalue weighted by Crippen LogP contribution is -3.00. The number of hydrogen-bond acceptors (Lipinski definition) is 3. The van der Waals surface area contributed by atoms with Crippen LogP contribution in [-0.4, -0.2) is 43.4 Å². The summed E-state index contributed by atoms with van der Waals surface area (Å²) in [5.41, 5.74) is 1.32. The van der Waals surface area contributed by atoms with Crippen LogP contribution in [0.15, 0.2) is 47.9 Å². The van der Waals surface area contributed by atoms with Crippen LogP contribution in [0.1, 0.15) is 35.0 Å². The largest absolute Gasteiger partial charge is 1.00 e. The fourth-order valence-corrected chi connectivity index (χ4v) is 3.23. The second kappa shape index (κ2) is 11.0. The van der Waals surface area contributed by atoms with Gasteiger partial charge in [0.1, 0.15) is 0 Å². The third-order valence-corrected chi connectivity index (χ3v) is 4.92. The molecule has 1 heterocycles. The zero-order chi connectivity index (χ0) is 19.0. The van der Waals surface area contributed by atoms with Gasteiger partial charge < -0.3 is 22.2 Å². The second-order valence-corrected chi connectivity index (χ2v) is 7.99. The number of benzene rings is 1. The predicted octanol–water partition coefficient (Wildman–Crippen LogP) is 1.46. The van der Waals surface area contributed by atoms with Crippen molar-refractivity contribution in [2.75, 3.05) is 32.5 Å². The molecule has 27 heavy (non-hydrogen) atoms. The zero-order valence-corrected chi connectivity index (χ0v) is 17.6. The summed E-state index contributed by atoms with van der Waals surface area (Å²) in [7, 11) is 4.13. The fraction of sp³-hybridized carbons (Fsp3) is 0.333. The number of quaternary nitrogens is 1. The van der Waals surface area contributed by atoms with E-state index in [1.54, 1.807) is 41.7 Å². The van der Waals surface area contributed by atoms with Crippen LogP contribution in [0.2, 0.25) is 0 Å². The van der Waals surface area contributed by atoms with E-state index in [9.17, 15) is 9.59 Å². The minimum atomic E-state index is -0.0476. The number of nitrogens with one attached hydrogen (secondary N) is 1. The van der Waals surface area contributed by atoms with Crippen LogP contribution in [0.4, 0.5) is 5.69 Å². The van der Waals surface area contributed by atoms with Crippen molar-refractivity contribution in [2.24, 2.45) is 0 Å². The summed E-state index contributed by atoms with van der Waals surface area (Å²) in [4.78, 5) is 25.5. The quantitative estimate of drug-likeness (QED) is 0.389. The molecule has 1 amide bonds. The Hall–Kier alpha value is -1.95. The number of likely N-dealkylation sites (N-methyl/N-ethyl adjacent to an activating group) is 1. The highest BCUT2D eigenvalue weighted by molar-refractivity contribution is 7.10. The summed E-state index contributed by atoms with van der Waals surface area (Å²) < 4.78 is 0.670. The number of hydrogen-bond donors (Lipinski definition) is 1. The molecule has 4 nitrogen and oxygen atoms in total. The van der Waals surface area contributed by atoms with Gasteiger partial charge in [-0.3, -0.25) is 9.59 Å². The van der Waals surface area contributed by atoms with Gasteiger partial charge in [-0.25, -0.2) is 0 Å². The van der Waals surface area contributed by atoms with Gasteiger partial charge in [-0.05, 0) is 54.3 Å². The van der Waals surface area contributed by atoms with Crippen molar-refractivity contribution in [1.82, 2.24) is 0 Å². The number of ketones is 1. The summed E-state index contributed by atoms with van der Waals surface area (Å²) in [6, 6.07) is 11.0. The lowest BCUT2D eigenvalue weighted by atomic mass is 10.1. The summed E-state index contributed by atoms with van der Waals surface area (Å²) in [6.45, 7) is 3.57. The molecule has 0 aliphatic carbocycles. The molecule has 0 atom stereocenters. The molecule has 0 unspecified atom stereocenters. The number of rotatable bonds is 9. The Morgan fingerprint density at radius 1 is 1.15 bits per heavy atom. The molecule has 6 heteroatoms. The van der Waals surface area contributed by atoms with Gasteiger partial charge in [0.05, 0.1) is 20.6 Å². The van der Waals surface area contributed by atoms with E-state index < -0.39 is 0 Å². The minimum absolute atomic E-state index is 0. The topological polar surface area (TPSA) is 46.2 Å². The van der Waals surface area contributed by atoms with Gasteiger partial charge in [0.15, 0.2) is 12.3 Å². The smallest absolute Gasteiger partial charge is 0.279 e.